The van der Waals surface area contributed by atoms with Gasteiger partial charge in [0.25, 0.3) is 0 Å². The molecule has 0 aliphatic rings. The van der Waals surface area contributed by atoms with Crippen LogP contribution in [0.25, 0.3) is 34.3 Å². The van der Waals surface area contributed by atoms with E-state index in [0.29, 0.717) is 16.1 Å². The zero-order chi connectivity index (χ0) is 21.1. The molecule has 0 fully saturated rings. The molecule has 154 valence electrons. The highest BCUT2D eigenvalue weighted by molar-refractivity contribution is 6.37. The van der Waals surface area contributed by atoms with Crippen LogP contribution in [-0.2, 0) is 0 Å². The Hall–Kier alpha value is -2.56. The number of nitrogens with one attached hydrogen (secondary N) is 1. The van der Waals surface area contributed by atoms with Crippen LogP contribution in [0.15, 0.2) is 49.1 Å². The number of aromatic amines is 1. The predicted molar refractivity (Wildman–Crippen MR) is 127 cm³/mol. The molecule has 0 spiro atoms. The van der Waals surface area contributed by atoms with E-state index in [1.807, 2.05) is 48.9 Å². The van der Waals surface area contributed by atoms with E-state index in [1.165, 1.54) is 0 Å². The van der Waals surface area contributed by atoms with E-state index in [2.05, 4.69) is 45.9 Å². The van der Waals surface area contributed by atoms with Crippen LogP contribution in [-0.4, -0.2) is 19.7 Å². The first-order chi connectivity index (χ1) is 14.6. The molecule has 0 aliphatic heterocycles. The van der Waals surface area contributed by atoms with Crippen LogP contribution < -0.4 is 0 Å². The lowest BCUT2D eigenvalue weighted by molar-refractivity contribution is 0.409. The van der Waals surface area contributed by atoms with Crippen LogP contribution in [0.3, 0.4) is 0 Å². The highest BCUT2D eigenvalue weighted by atomic mass is 35.5. The maximum atomic E-state index is 6.29. The fourth-order valence-corrected chi connectivity index (χ4v) is 4.23. The zero-order valence-corrected chi connectivity index (χ0v) is 18.6. The molecule has 0 saturated carbocycles. The van der Waals surface area contributed by atoms with Crippen molar-refractivity contribution in [2.24, 2.45) is 0 Å². The molecule has 0 bridgehead atoms. The number of hydrogen-bond donors (Lipinski definition) is 1. The Bertz CT molecular complexity index is 1170. The number of hydrogen-bond acceptors (Lipinski definition) is 2. The molecule has 1 N–H and O–H groups in total. The normalized spacial score (nSPS) is 12.8. The quantitative estimate of drug-likeness (QED) is 0.321. The third-order valence-electron chi connectivity index (χ3n) is 5.39. The van der Waals surface area contributed by atoms with Crippen LogP contribution in [0.5, 0.6) is 0 Å². The first kappa shape index (κ1) is 20.7. The van der Waals surface area contributed by atoms with Crippen molar-refractivity contribution in [1.29, 1.82) is 0 Å². The van der Waals surface area contributed by atoms with Crippen molar-refractivity contribution in [3.63, 3.8) is 0 Å². The summed E-state index contributed by atoms with van der Waals surface area (Å²) >= 11 is 12.6. The molecule has 6 heteroatoms. The summed E-state index contributed by atoms with van der Waals surface area (Å²) in [5, 5.41) is 6.90. The van der Waals surface area contributed by atoms with Crippen LogP contribution in [0.4, 0.5) is 0 Å². The Morgan fingerprint density at radius 2 is 1.90 bits per heavy atom. The molecule has 3 heterocycles. The summed E-state index contributed by atoms with van der Waals surface area (Å²) in [6, 6.07) is 8.10. The van der Waals surface area contributed by atoms with Gasteiger partial charge in [0, 0.05) is 56.3 Å². The van der Waals surface area contributed by atoms with E-state index in [-0.39, 0.29) is 0 Å². The lowest BCUT2D eigenvalue weighted by Gasteiger charge is -2.13. The van der Waals surface area contributed by atoms with E-state index >= 15 is 0 Å². The molecule has 1 unspecified atom stereocenters. The molecule has 0 amide bonds. The molecule has 3 aromatic heterocycles. The fraction of sp³-hybridized carbons (Fsp3) is 0.250. The largest absolute Gasteiger partial charge is 0.346 e. The highest BCUT2D eigenvalue weighted by Crippen LogP contribution is 2.29. The number of nitrogens with zero attached hydrogens (tertiary/aromatic N) is 3. The Morgan fingerprint density at radius 1 is 1.10 bits per heavy atom. The van der Waals surface area contributed by atoms with Crippen molar-refractivity contribution in [1.82, 2.24) is 19.7 Å². The van der Waals surface area contributed by atoms with Crippen LogP contribution in [0.1, 0.15) is 50.3 Å². The third kappa shape index (κ3) is 4.16. The van der Waals surface area contributed by atoms with Gasteiger partial charge in [-0.1, -0.05) is 61.7 Å². The molecular weight excluding hydrogens is 415 g/mol. The topological polar surface area (TPSA) is 46.5 Å². The van der Waals surface area contributed by atoms with Gasteiger partial charge in [-0.2, -0.15) is 5.10 Å². The molecule has 0 aliphatic carbocycles. The number of H-pyrrole nitrogens is 1. The Labute approximate surface area is 186 Å². The summed E-state index contributed by atoms with van der Waals surface area (Å²) in [6.07, 6.45) is 15.2. The molecule has 1 aromatic carbocycles. The van der Waals surface area contributed by atoms with Crippen LogP contribution in [0.2, 0.25) is 10.0 Å². The molecule has 1 atom stereocenters. The summed E-state index contributed by atoms with van der Waals surface area (Å²) < 4.78 is 2.08. The van der Waals surface area contributed by atoms with Gasteiger partial charge in [0.15, 0.2) is 0 Å². The van der Waals surface area contributed by atoms with Crippen LogP contribution >= 0.6 is 23.2 Å². The molecular formula is C24H24Cl2N4. The van der Waals surface area contributed by atoms with Gasteiger partial charge in [0.2, 0.25) is 0 Å². The second kappa shape index (κ2) is 9.07. The van der Waals surface area contributed by atoms with Gasteiger partial charge in [-0.05, 0) is 31.0 Å². The SMILES string of the molecule is CCCC(CC)n1cc(-c2cnc3[nH]cc(C=Cc4c(Cl)cccc4Cl)c3c2)cn1. The van der Waals surface area contributed by atoms with Gasteiger partial charge in [0.05, 0.1) is 12.2 Å². The van der Waals surface area contributed by atoms with Crippen molar-refractivity contribution in [3.8, 4) is 11.1 Å². The van der Waals surface area contributed by atoms with E-state index < -0.39 is 0 Å². The predicted octanol–water partition coefficient (Wildman–Crippen LogP) is 7.65. The lowest BCUT2D eigenvalue weighted by atomic mass is 10.1. The molecule has 4 rings (SSSR count). The number of fused-ring (bicyclic) bond motifs is 1. The smallest absolute Gasteiger partial charge is 0.137 e. The summed E-state index contributed by atoms with van der Waals surface area (Å²) in [5.74, 6) is 0. The standard InChI is InChI=1S/C24H24Cl2N4/c1-3-6-19(4-2)30-15-18(14-29-30)17-11-21-16(12-27-24(21)28-13-17)9-10-20-22(25)7-5-8-23(20)26/h5,7-15,19H,3-4,6H2,1-2H3,(H,27,28). The molecule has 4 nitrogen and oxygen atoms in total. The average molecular weight is 439 g/mol. The molecule has 30 heavy (non-hydrogen) atoms. The van der Waals surface area contributed by atoms with E-state index in [0.717, 1.165) is 52.5 Å². The number of aromatic nitrogens is 4. The Kier molecular flexibility index (Phi) is 6.26. The Balaban J connectivity index is 1.67. The Morgan fingerprint density at radius 3 is 2.63 bits per heavy atom. The van der Waals surface area contributed by atoms with Crippen molar-refractivity contribution >= 4 is 46.4 Å². The summed E-state index contributed by atoms with van der Waals surface area (Å²) in [4.78, 5) is 7.83. The second-order valence-electron chi connectivity index (χ2n) is 7.39. The first-order valence-electron chi connectivity index (χ1n) is 10.2. The van der Waals surface area contributed by atoms with Crippen molar-refractivity contribution < 1.29 is 0 Å². The van der Waals surface area contributed by atoms with E-state index in [1.54, 1.807) is 0 Å². The van der Waals surface area contributed by atoms with Gasteiger partial charge >= 0.3 is 0 Å². The minimum atomic E-state index is 0.437. The fourth-order valence-electron chi connectivity index (χ4n) is 3.71. The highest BCUT2D eigenvalue weighted by Gasteiger charge is 2.12. The van der Waals surface area contributed by atoms with Gasteiger partial charge in [-0.3, -0.25) is 4.68 Å². The maximum absolute atomic E-state index is 6.29. The average Bonchev–Trinajstić information content (AvgIpc) is 3.39. The number of pyridine rings is 1. The van der Waals surface area contributed by atoms with Gasteiger partial charge in [-0.15, -0.1) is 0 Å². The maximum Gasteiger partial charge on any atom is 0.137 e. The van der Waals surface area contributed by atoms with E-state index in [9.17, 15) is 0 Å². The van der Waals surface area contributed by atoms with Crippen molar-refractivity contribution in [3.05, 3.63) is 70.2 Å². The van der Waals surface area contributed by atoms with E-state index in [4.69, 9.17) is 23.2 Å². The molecule has 0 saturated heterocycles. The molecule has 4 aromatic rings. The third-order valence-corrected chi connectivity index (χ3v) is 6.05. The number of benzene rings is 1. The summed E-state index contributed by atoms with van der Waals surface area (Å²) in [7, 11) is 0. The molecule has 0 radical (unpaired) electrons. The first-order valence-corrected chi connectivity index (χ1v) is 11.0. The monoisotopic (exact) mass is 438 g/mol. The lowest BCUT2D eigenvalue weighted by Crippen LogP contribution is -2.07. The number of halogens is 2. The second-order valence-corrected chi connectivity index (χ2v) is 8.21. The minimum Gasteiger partial charge on any atom is -0.346 e. The van der Waals surface area contributed by atoms with Crippen LogP contribution in [0, 0.1) is 0 Å². The van der Waals surface area contributed by atoms with Crippen molar-refractivity contribution in [2.45, 2.75) is 39.2 Å². The van der Waals surface area contributed by atoms with Crippen molar-refractivity contribution in [2.75, 3.05) is 0 Å². The van der Waals surface area contributed by atoms with Gasteiger partial charge in [0.1, 0.15) is 5.65 Å². The summed E-state index contributed by atoms with van der Waals surface area (Å²) in [5.41, 5.74) is 4.80. The van der Waals surface area contributed by atoms with Gasteiger partial charge < -0.3 is 4.98 Å². The van der Waals surface area contributed by atoms with Gasteiger partial charge in [-0.25, -0.2) is 4.98 Å². The zero-order valence-electron chi connectivity index (χ0n) is 17.1. The number of rotatable bonds is 7. The minimum absolute atomic E-state index is 0.437. The summed E-state index contributed by atoms with van der Waals surface area (Å²) in [6.45, 7) is 4.42.